The van der Waals surface area contributed by atoms with E-state index >= 15 is 0 Å². The molecule has 1 aromatic rings. The molecule has 0 saturated carbocycles. The van der Waals surface area contributed by atoms with Crippen molar-refractivity contribution in [1.82, 2.24) is 10.6 Å². The zero-order valence-corrected chi connectivity index (χ0v) is 13.9. The van der Waals surface area contributed by atoms with E-state index < -0.39 is 6.04 Å². The molecule has 0 aliphatic heterocycles. The third kappa shape index (κ3) is 6.29. The quantitative estimate of drug-likeness (QED) is 0.737. The molecule has 0 bridgehead atoms. The minimum Gasteiger partial charge on any atom is -0.350 e. The van der Waals surface area contributed by atoms with Crippen molar-refractivity contribution in [3.8, 4) is 0 Å². The molecule has 0 radical (unpaired) electrons. The van der Waals surface area contributed by atoms with Gasteiger partial charge in [0, 0.05) is 12.5 Å². The lowest BCUT2D eigenvalue weighted by molar-refractivity contribution is -0.131. The van der Waals surface area contributed by atoms with Gasteiger partial charge in [0.1, 0.15) is 6.04 Å². The van der Waals surface area contributed by atoms with Gasteiger partial charge in [0.15, 0.2) is 0 Å². The van der Waals surface area contributed by atoms with Crippen LogP contribution in [-0.2, 0) is 16.1 Å². The van der Waals surface area contributed by atoms with E-state index in [-0.39, 0.29) is 17.7 Å². The zero-order chi connectivity index (χ0) is 16.4. The number of carbonyl (C=O) groups excluding carboxylic acids is 2. The van der Waals surface area contributed by atoms with Crippen molar-refractivity contribution in [3.63, 3.8) is 0 Å². The summed E-state index contributed by atoms with van der Waals surface area (Å²) in [5.74, 6) is -0.144. The molecule has 1 rings (SSSR count). The molecule has 0 unspecified atom stereocenters. The minimum absolute atomic E-state index is 0.00828. The molecule has 0 aliphatic rings. The maximum Gasteiger partial charge on any atom is 0.242 e. The number of benzene rings is 1. The number of carbonyl (C=O) groups is 2. The Hall–Kier alpha value is -1.84. The first kappa shape index (κ1) is 18.2. The molecule has 122 valence electrons. The van der Waals surface area contributed by atoms with E-state index in [9.17, 15) is 9.59 Å². The van der Waals surface area contributed by atoms with Gasteiger partial charge in [-0.2, -0.15) is 0 Å². The van der Waals surface area contributed by atoms with Crippen LogP contribution in [0.1, 0.15) is 52.0 Å². The standard InChI is InChI=1S/C18H28N2O2/c1-4-9-16(10-5-2)18(22)20-14(3)17(21)19-13-15-11-7-6-8-12-15/h6-8,11-12,14,16H,4-5,9-10,13H2,1-3H3,(H,19,21)(H,20,22)/t14-/m0/s1. The second kappa shape index (κ2) is 9.98. The molecule has 0 spiro atoms. The molecular formula is C18H28N2O2. The second-order valence-electron chi connectivity index (χ2n) is 5.71. The number of rotatable bonds is 9. The lowest BCUT2D eigenvalue weighted by Gasteiger charge is -2.19. The van der Waals surface area contributed by atoms with Crippen molar-refractivity contribution in [3.05, 3.63) is 35.9 Å². The predicted molar refractivity (Wildman–Crippen MR) is 89.2 cm³/mol. The Bertz CT molecular complexity index is 453. The van der Waals surface area contributed by atoms with Crippen LogP contribution in [0.2, 0.25) is 0 Å². The Morgan fingerprint density at radius 1 is 1.00 bits per heavy atom. The maximum atomic E-state index is 12.2. The number of hydrogen-bond donors (Lipinski definition) is 2. The van der Waals surface area contributed by atoms with Gasteiger partial charge in [0.2, 0.25) is 11.8 Å². The summed E-state index contributed by atoms with van der Waals surface area (Å²) in [5.41, 5.74) is 1.05. The summed E-state index contributed by atoms with van der Waals surface area (Å²) in [6.07, 6.45) is 3.70. The largest absolute Gasteiger partial charge is 0.350 e. The SMILES string of the molecule is CCCC(CCC)C(=O)N[C@@H](C)C(=O)NCc1ccccc1. The highest BCUT2D eigenvalue weighted by Crippen LogP contribution is 2.13. The zero-order valence-electron chi connectivity index (χ0n) is 13.9. The first-order chi connectivity index (χ1) is 10.6. The fraction of sp³-hybridized carbons (Fsp3) is 0.556. The molecule has 4 nitrogen and oxygen atoms in total. The first-order valence-corrected chi connectivity index (χ1v) is 8.20. The van der Waals surface area contributed by atoms with Gasteiger partial charge in [-0.25, -0.2) is 0 Å². The number of amides is 2. The Morgan fingerprint density at radius 2 is 1.59 bits per heavy atom. The summed E-state index contributed by atoms with van der Waals surface area (Å²) >= 11 is 0. The first-order valence-electron chi connectivity index (χ1n) is 8.20. The van der Waals surface area contributed by atoms with Crippen LogP contribution in [0.25, 0.3) is 0 Å². The smallest absolute Gasteiger partial charge is 0.242 e. The summed E-state index contributed by atoms with van der Waals surface area (Å²) < 4.78 is 0. The molecule has 0 aliphatic carbocycles. The van der Waals surface area contributed by atoms with Crippen molar-refractivity contribution >= 4 is 11.8 Å². The lowest BCUT2D eigenvalue weighted by atomic mass is 9.97. The van der Waals surface area contributed by atoms with E-state index in [1.807, 2.05) is 30.3 Å². The fourth-order valence-electron chi connectivity index (χ4n) is 2.44. The third-order valence-electron chi connectivity index (χ3n) is 3.71. The molecule has 2 N–H and O–H groups in total. The van der Waals surface area contributed by atoms with Crippen LogP contribution in [0.5, 0.6) is 0 Å². The van der Waals surface area contributed by atoms with Gasteiger partial charge >= 0.3 is 0 Å². The molecular weight excluding hydrogens is 276 g/mol. The van der Waals surface area contributed by atoms with Crippen LogP contribution >= 0.6 is 0 Å². The minimum atomic E-state index is -0.507. The monoisotopic (exact) mass is 304 g/mol. The topological polar surface area (TPSA) is 58.2 Å². The highest BCUT2D eigenvalue weighted by Gasteiger charge is 2.21. The normalized spacial score (nSPS) is 12.0. The van der Waals surface area contributed by atoms with E-state index in [0.717, 1.165) is 31.2 Å². The van der Waals surface area contributed by atoms with Crippen LogP contribution in [-0.4, -0.2) is 17.9 Å². The predicted octanol–water partition coefficient (Wildman–Crippen LogP) is 3.02. The lowest BCUT2D eigenvalue weighted by Crippen LogP contribution is -2.46. The number of hydrogen-bond acceptors (Lipinski definition) is 2. The molecule has 0 saturated heterocycles. The van der Waals surface area contributed by atoms with Crippen LogP contribution in [0.15, 0.2) is 30.3 Å². The van der Waals surface area contributed by atoms with Crippen molar-refractivity contribution in [1.29, 1.82) is 0 Å². The van der Waals surface area contributed by atoms with Gasteiger partial charge in [-0.05, 0) is 25.3 Å². The van der Waals surface area contributed by atoms with Crippen LogP contribution in [0, 0.1) is 5.92 Å². The Kier molecular flexibility index (Phi) is 8.26. The molecule has 4 heteroatoms. The van der Waals surface area contributed by atoms with Crippen molar-refractivity contribution in [2.24, 2.45) is 5.92 Å². The summed E-state index contributed by atoms with van der Waals surface area (Å²) in [6, 6.07) is 9.23. The molecule has 0 fully saturated rings. The molecule has 2 amide bonds. The molecule has 0 heterocycles. The van der Waals surface area contributed by atoms with Gasteiger partial charge in [-0.3, -0.25) is 9.59 Å². The van der Waals surface area contributed by atoms with Crippen molar-refractivity contribution in [2.75, 3.05) is 0 Å². The molecule has 1 atom stereocenters. The summed E-state index contributed by atoms with van der Waals surface area (Å²) in [4.78, 5) is 24.3. The average molecular weight is 304 g/mol. The van der Waals surface area contributed by atoms with Gasteiger partial charge in [-0.1, -0.05) is 57.0 Å². The second-order valence-corrected chi connectivity index (χ2v) is 5.71. The van der Waals surface area contributed by atoms with Gasteiger partial charge in [0.05, 0.1) is 0 Å². The molecule has 22 heavy (non-hydrogen) atoms. The average Bonchev–Trinajstić information content (AvgIpc) is 2.53. The van der Waals surface area contributed by atoms with Crippen LogP contribution < -0.4 is 10.6 Å². The molecule has 0 aromatic heterocycles. The maximum absolute atomic E-state index is 12.2. The van der Waals surface area contributed by atoms with E-state index in [2.05, 4.69) is 24.5 Å². The van der Waals surface area contributed by atoms with Crippen LogP contribution in [0.3, 0.4) is 0 Å². The summed E-state index contributed by atoms with van der Waals surface area (Å²) in [7, 11) is 0. The third-order valence-corrected chi connectivity index (χ3v) is 3.71. The molecule has 1 aromatic carbocycles. The van der Waals surface area contributed by atoms with E-state index in [4.69, 9.17) is 0 Å². The summed E-state index contributed by atoms with van der Waals surface area (Å²) in [5, 5.41) is 5.69. The van der Waals surface area contributed by atoms with Crippen LogP contribution in [0.4, 0.5) is 0 Å². The Labute approximate surface area is 133 Å². The highest BCUT2D eigenvalue weighted by atomic mass is 16.2. The van der Waals surface area contributed by atoms with E-state index in [1.165, 1.54) is 0 Å². The van der Waals surface area contributed by atoms with Crippen molar-refractivity contribution in [2.45, 2.75) is 59.0 Å². The van der Waals surface area contributed by atoms with E-state index in [1.54, 1.807) is 6.92 Å². The van der Waals surface area contributed by atoms with Crippen molar-refractivity contribution < 1.29 is 9.59 Å². The Morgan fingerprint density at radius 3 is 2.14 bits per heavy atom. The Balaban J connectivity index is 2.43. The number of nitrogens with one attached hydrogen (secondary N) is 2. The summed E-state index contributed by atoms with van der Waals surface area (Å²) in [6.45, 7) is 6.36. The van der Waals surface area contributed by atoms with E-state index in [0.29, 0.717) is 6.54 Å². The highest BCUT2D eigenvalue weighted by molar-refractivity contribution is 5.88. The van der Waals surface area contributed by atoms with Gasteiger partial charge in [-0.15, -0.1) is 0 Å². The van der Waals surface area contributed by atoms with Gasteiger partial charge in [0.25, 0.3) is 0 Å². The van der Waals surface area contributed by atoms with Gasteiger partial charge < -0.3 is 10.6 Å². The fourth-order valence-corrected chi connectivity index (χ4v) is 2.44.